The van der Waals surface area contributed by atoms with E-state index in [-0.39, 0.29) is 6.61 Å². The molecular formula is C4H8N2O3. The predicted molar refractivity (Wildman–Crippen MR) is 31.4 cm³/mol. The Balaban J connectivity index is 3.56. The number of rotatable bonds is 2. The molecule has 9 heavy (non-hydrogen) atoms. The van der Waals surface area contributed by atoms with Crippen LogP contribution in [0.3, 0.4) is 0 Å². The maximum Gasteiger partial charge on any atom is 0.425 e. The van der Waals surface area contributed by atoms with Crippen molar-refractivity contribution in [3.05, 3.63) is 0 Å². The SMILES string of the molecule is C/C(CO)=N/NC(=O)O. The molecular weight excluding hydrogens is 124 g/mol. The molecule has 3 N–H and O–H groups in total. The molecule has 0 heterocycles. The molecule has 0 bridgehead atoms. The number of aliphatic hydroxyl groups excluding tert-OH is 1. The van der Waals surface area contributed by atoms with Crippen LogP contribution in [0.4, 0.5) is 4.79 Å². The Labute approximate surface area is 52.0 Å². The van der Waals surface area contributed by atoms with Gasteiger partial charge in [-0.3, -0.25) is 0 Å². The van der Waals surface area contributed by atoms with Gasteiger partial charge in [0.2, 0.25) is 0 Å². The number of nitrogens with one attached hydrogen (secondary N) is 1. The minimum absolute atomic E-state index is 0.236. The van der Waals surface area contributed by atoms with Gasteiger partial charge in [0, 0.05) is 0 Å². The Hall–Kier alpha value is -1.10. The fraction of sp³-hybridized carbons (Fsp3) is 0.500. The maximum absolute atomic E-state index is 9.72. The smallest absolute Gasteiger partial charge is 0.425 e. The number of hydrazone groups is 1. The Morgan fingerprint density at radius 1 is 1.78 bits per heavy atom. The zero-order chi connectivity index (χ0) is 7.28. The minimum Gasteiger partial charge on any atom is -0.464 e. The summed E-state index contributed by atoms with van der Waals surface area (Å²) in [4.78, 5) is 9.72. The molecule has 0 aliphatic rings. The van der Waals surface area contributed by atoms with Gasteiger partial charge in [-0.1, -0.05) is 0 Å². The van der Waals surface area contributed by atoms with Gasteiger partial charge in [-0.2, -0.15) is 5.10 Å². The minimum atomic E-state index is -1.23. The van der Waals surface area contributed by atoms with Crippen molar-refractivity contribution in [2.24, 2.45) is 5.10 Å². The highest BCUT2D eigenvalue weighted by Gasteiger charge is 1.89. The third kappa shape index (κ3) is 4.76. The summed E-state index contributed by atoms with van der Waals surface area (Å²) in [5.74, 6) is 0. The van der Waals surface area contributed by atoms with Crippen molar-refractivity contribution < 1.29 is 15.0 Å². The Morgan fingerprint density at radius 2 is 2.33 bits per heavy atom. The number of carbonyl (C=O) groups is 1. The lowest BCUT2D eigenvalue weighted by atomic mass is 10.5. The fourth-order valence-corrected chi connectivity index (χ4v) is 0.179. The van der Waals surface area contributed by atoms with Gasteiger partial charge in [0.15, 0.2) is 0 Å². The van der Waals surface area contributed by atoms with Crippen LogP contribution in [0, 0.1) is 0 Å². The topological polar surface area (TPSA) is 81.9 Å². The van der Waals surface area contributed by atoms with Crippen molar-refractivity contribution in [3.8, 4) is 0 Å². The summed E-state index contributed by atoms with van der Waals surface area (Å²) < 4.78 is 0. The summed E-state index contributed by atoms with van der Waals surface area (Å²) in [5, 5.41) is 19.5. The average molecular weight is 132 g/mol. The second-order valence-corrected chi connectivity index (χ2v) is 1.42. The van der Waals surface area contributed by atoms with Crippen LogP contribution in [0.1, 0.15) is 6.92 Å². The molecule has 0 aromatic carbocycles. The second-order valence-electron chi connectivity index (χ2n) is 1.42. The molecule has 0 rings (SSSR count). The second kappa shape index (κ2) is 3.85. The number of amides is 1. The summed E-state index contributed by atoms with van der Waals surface area (Å²) >= 11 is 0. The number of nitrogens with zero attached hydrogens (tertiary/aromatic N) is 1. The van der Waals surface area contributed by atoms with Crippen LogP contribution in [-0.4, -0.2) is 28.6 Å². The van der Waals surface area contributed by atoms with E-state index in [0.717, 1.165) is 0 Å². The van der Waals surface area contributed by atoms with Gasteiger partial charge >= 0.3 is 6.09 Å². The number of aliphatic hydroxyl groups is 1. The maximum atomic E-state index is 9.72. The summed E-state index contributed by atoms with van der Waals surface area (Å²) in [6.07, 6.45) is -1.23. The number of hydrogen-bond acceptors (Lipinski definition) is 3. The zero-order valence-electron chi connectivity index (χ0n) is 4.96. The van der Waals surface area contributed by atoms with Gasteiger partial charge in [-0.05, 0) is 6.92 Å². The van der Waals surface area contributed by atoms with Crippen LogP contribution in [-0.2, 0) is 0 Å². The van der Waals surface area contributed by atoms with E-state index in [9.17, 15) is 4.79 Å². The summed E-state index contributed by atoms with van der Waals surface area (Å²) in [7, 11) is 0. The predicted octanol–water partition coefficient (Wildman–Crippen LogP) is -0.378. The highest BCUT2D eigenvalue weighted by molar-refractivity contribution is 5.83. The van der Waals surface area contributed by atoms with Crippen molar-refractivity contribution in [1.82, 2.24) is 5.43 Å². The molecule has 0 unspecified atom stereocenters. The quantitative estimate of drug-likeness (QED) is 0.354. The molecule has 5 nitrogen and oxygen atoms in total. The lowest BCUT2D eigenvalue weighted by Crippen LogP contribution is -2.16. The lowest BCUT2D eigenvalue weighted by molar-refractivity contribution is 0.195. The third-order valence-corrected chi connectivity index (χ3v) is 0.571. The number of carboxylic acid groups (broad SMARTS) is 1. The van der Waals surface area contributed by atoms with E-state index in [2.05, 4.69) is 5.10 Å². The van der Waals surface area contributed by atoms with Gasteiger partial charge in [0.1, 0.15) is 0 Å². The largest absolute Gasteiger partial charge is 0.464 e. The molecule has 52 valence electrons. The fourth-order valence-electron chi connectivity index (χ4n) is 0.179. The van der Waals surface area contributed by atoms with Gasteiger partial charge in [-0.15, -0.1) is 0 Å². The van der Waals surface area contributed by atoms with E-state index in [1.807, 2.05) is 0 Å². The first kappa shape index (κ1) is 7.90. The van der Waals surface area contributed by atoms with Crippen molar-refractivity contribution in [3.63, 3.8) is 0 Å². The molecule has 5 heteroatoms. The van der Waals surface area contributed by atoms with Crippen LogP contribution >= 0.6 is 0 Å². The normalized spacial score (nSPS) is 11.1. The van der Waals surface area contributed by atoms with Crippen LogP contribution in [0.5, 0.6) is 0 Å². The molecule has 0 atom stereocenters. The van der Waals surface area contributed by atoms with Crippen LogP contribution in [0.25, 0.3) is 0 Å². The molecule has 0 saturated heterocycles. The molecule has 0 aliphatic carbocycles. The van der Waals surface area contributed by atoms with Gasteiger partial charge in [0.05, 0.1) is 12.3 Å². The molecule has 0 fully saturated rings. The van der Waals surface area contributed by atoms with Gasteiger partial charge in [0.25, 0.3) is 0 Å². The van der Waals surface area contributed by atoms with E-state index in [1.165, 1.54) is 6.92 Å². The van der Waals surface area contributed by atoms with Gasteiger partial charge < -0.3 is 10.2 Å². The summed E-state index contributed by atoms with van der Waals surface area (Å²) in [6, 6.07) is 0. The number of hydrogen-bond donors (Lipinski definition) is 3. The van der Waals surface area contributed by atoms with Crippen LogP contribution in [0.15, 0.2) is 5.10 Å². The Kier molecular flexibility index (Phi) is 3.38. The highest BCUT2D eigenvalue weighted by Crippen LogP contribution is 1.70. The Morgan fingerprint density at radius 3 is 2.67 bits per heavy atom. The molecule has 0 aromatic heterocycles. The van der Waals surface area contributed by atoms with Crippen molar-refractivity contribution in [1.29, 1.82) is 0 Å². The first-order valence-corrected chi connectivity index (χ1v) is 2.29. The molecule has 0 saturated carbocycles. The standard InChI is InChI=1S/C4H8N2O3/c1-3(2-7)5-6-4(8)9/h6-7H,2H2,1H3,(H,8,9)/b5-3-. The van der Waals surface area contributed by atoms with Gasteiger partial charge in [-0.25, -0.2) is 10.2 Å². The van der Waals surface area contributed by atoms with Crippen LogP contribution in [0.2, 0.25) is 0 Å². The first-order chi connectivity index (χ1) is 4.16. The zero-order valence-corrected chi connectivity index (χ0v) is 4.96. The summed E-state index contributed by atoms with van der Waals surface area (Å²) in [6.45, 7) is 1.27. The molecule has 0 spiro atoms. The van der Waals surface area contributed by atoms with Crippen molar-refractivity contribution in [2.75, 3.05) is 6.61 Å². The monoisotopic (exact) mass is 132 g/mol. The van der Waals surface area contributed by atoms with E-state index >= 15 is 0 Å². The van der Waals surface area contributed by atoms with E-state index in [1.54, 1.807) is 5.43 Å². The average Bonchev–Trinajstić information content (AvgIpc) is 1.83. The van der Waals surface area contributed by atoms with E-state index < -0.39 is 6.09 Å². The van der Waals surface area contributed by atoms with E-state index in [4.69, 9.17) is 10.2 Å². The van der Waals surface area contributed by atoms with Crippen LogP contribution < -0.4 is 5.43 Å². The molecule has 0 aliphatic heterocycles. The first-order valence-electron chi connectivity index (χ1n) is 2.29. The molecule has 1 amide bonds. The molecule has 0 radical (unpaired) electrons. The van der Waals surface area contributed by atoms with Crippen molar-refractivity contribution in [2.45, 2.75) is 6.92 Å². The highest BCUT2D eigenvalue weighted by atomic mass is 16.4. The molecule has 0 aromatic rings. The van der Waals surface area contributed by atoms with Crippen molar-refractivity contribution >= 4 is 11.8 Å². The summed E-state index contributed by atoms with van der Waals surface area (Å²) in [5.41, 5.74) is 2.07. The van der Waals surface area contributed by atoms with E-state index in [0.29, 0.717) is 5.71 Å². The third-order valence-electron chi connectivity index (χ3n) is 0.571. The Bertz CT molecular complexity index is 132. The lowest BCUT2D eigenvalue weighted by Gasteiger charge is -1.92.